The van der Waals surface area contributed by atoms with E-state index >= 15 is 0 Å². The summed E-state index contributed by atoms with van der Waals surface area (Å²) in [5.41, 5.74) is 1.94. The summed E-state index contributed by atoms with van der Waals surface area (Å²) in [6.07, 6.45) is 0.871. The molecule has 1 aliphatic heterocycles. The van der Waals surface area contributed by atoms with Gasteiger partial charge in [0.2, 0.25) is 0 Å². The molecule has 14 heteroatoms. The Balaban J connectivity index is 1.63. The number of halogens is 3. The lowest BCUT2D eigenvalue weighted by Crippen LogP contribution is -2.68. The summed E-state index contributed by atoms with van der Waals surface area (Å²) < 4.78 is 108. The molecule has 9 nitrogen and oxygen atoms in total. The van der Waals surface area contributed by atoms with E-state index in [1.807, 2.05) is 4.90 Å². The molecule has 1 saturated heterocycles. The van der Waals surface area contributed by atoms with Gasteiger partial charge in [-0.05, 0) is 79.4 Å². The highest BCUT2D eigenvalue weighted by molar-refractivity contribution is 7.86. The molecule has 1 fully saturated rings. The van der Waals surface area contributed by atoms with Gasteiger partial charge in [0.15, 0.2) is 0 Å². The summed E-state index contributed by atoms with van der Waals surface area (Å²) in [4.78, 5) is 3.19. The highest BCUT2D eigenvalue weighted by Crippen LogP contribution is 2.35. The zero-order valence-electron chi connectivity index (χ0n) is 24.5. The number of hydrogen-bond acceptors (Lipinski definition) is 9. The Hall–Kier alpha value is -2.85. The second kappa shape index (κ2) is 14.1. The zero-order valence-corrected chi connectivity index (χ0v) is 26.2. The van der Waals surface area contributed by atoms with Crippen LogP contribution >= 0.6 is 0 Å². The molecule has 0 N–H and O–H groups in total. The van der Waals surface area contributed by atoms with Gasteiger partial charge in [-0.2, -0.15) is 16.8 Å². The van der Waals surface area contributed by atoms with Gasteiger partial charge in [-0.25, -0.2) is 26.4 Å². The van der Waals surface area contributed by atoms with Crippen molar-refractivity contribution in [3.05, 3.63) is 107 Å². The number of piperazine rings is 1. The molecular weight excluding hydrogens is 621 g/mol. The number of hydrogen-bond donors (Lipinski definition) is 0. The van der Waals surface area contributed by atoms with Crippen molar-refractivity contribution in [1.82, 2.24) is 9.80 Å². The summed E-state index contributed by atoms with van der Waals surface area (Å²) >= 11 is 0. The smallest absolute Gasteiger partial charge is 0.277 e. The first-order valence-corrected chi connectivity index (χ1v) is 17.5. The maximum absolute atomic E-state index is 13.7. The fourth-order valence-electron chi connectivity index (χ4n) is 5.21. The minimum absolute atomic E-state index is 0.0717. The van der Waals surface area contributed by atoms with Crippen molar-refractivity contribution >= 4 is 20.2 Å². The summed E-state index contributed by atoms with van der Waals surface area (Å²) in [5.74, 6) is -3.62. The van der Waals surface area contributed by atoms with Gasteiger partial charge in [-0.15, -0.1) is 0 Å². The molecule has 1 heterocycles. The van der Waals surface area contributed by atoms with Gasteiger partial charge in [-0.3, -0.25) is 4.90 Å². The van der Waals surface area contributed by atoms with E-state index in [1.165, 1.54) is 65.6 Å². The van der Waals surface area contributed by atoms with E-state index in [0.29, 0.717) is 37.1 Å². The Morgan fingerprint density at radius 2 is 1.20 bits per heavy atom. The van der Waals surface area contributed by atoms with E-state index in [0.717, 1.165) is 18.1 Å². The van der Waals surface area contributed by atoms with Crippen molar-refractivity contribution in [3.8, 4) is 0 Å². The summed E-state index contributed by atoms with van der Waals surface area (Å²) in [6, 6.07) is 17.1. The van der Waals surface area contributed by atoms with Crippen LogP contribution in [0.4, 0.5) is 13.2 Å². The molecule has 0 bridgehead atoms. The van der Waals surface area contributed by atoms with Gasteiger partial charge in [-0.1, -0.05) is 36.4 Å². The van der Waals surface area contributed by atoms with Crippen molar-refractivity contribution in [2.24, 2.45) is 0 Å². The largest absolute Gasteiger partial charge is 0.351 e. The van der Waals surface area contributed by atoms with E-state index < -0.39 is 50.1 Å². The SMILES string of the molecule is CC(OC(c1ccc(F)cc1)c1ccc(F)cc1)N1CCN(CCCc2ccc(F)cc2)CC1(OS(C)(=O)=O)OS(C)(=O)=O. The molecule has 1 aliphatic rings. The third-order valence-electron chi connectivity index (χ3n) is 7.05. The number of nitrogens with zero attached hydrogens (tertiary/aromatic N) is 2. The van der Waals surface area contributed by atoms with Gasteiger partial charge in [0.1, 0.15) is 29.8 Å². The normalized spacial score (nSPS) is 17.2. The van der Waals surface area contributed by atoms with Crippen LogP contribution in [0.3, 0.4) is 0 Å². The maximum Gasteiger partial charge on any atom is 0.277 e. The summed E-state index contributed by atoms with van der Waals surface area (Å²) in [6.45, 7) is 2.17. The minimum Gasteiger partial charge on any atom is -0.351 e. The van der Waals surface area contributed by atoms with E-state index in [-0.39, 0.29) is 18.9 Å². The van der Waals surface area contributed by atoms with Crippen LogP contribution in [-0.2, 0) is 39.8 Å². The predicted molar refractivity (Wildman–Crippen MR) is 158 cm³/mol. The van der Waals surface area contributed by atoms with Crippen molar-refractivity contribution in [3.63, 3.8) is 0 Å². The third-order valence-corrected chi connectivity index (χ3v) is 8.18. The van der Waals surface area contributed by atoms with Crippen LogP contribution in [0.25, 0.3) is 0 Å². The molecule has 0 saturated carbocycles. The highest BCUT2D eigenvalue weighted by atomic mass is 32.2. The van der Waals surface area contributed by atoms with Crippen LogP contribution in [-0.4, -0.2) is 77.5 Å². The van der Waals surface area contributed by atoms with Crippen molar-refractivity contribution < 1.29 is 43.1 Å². The minimum atomic E-state index is -4.29. The van der Waals surface area contributed by atoms with Gasteiger partial charge >= 0.3 is 0 Å². The molecule has 0 amide bonds. The number of benzene rings is 3. The quantitative estimate of drug-likeness (QED) is 0.196. The fourth-order valence-corrected chi connectivity index (χ4v) is 6.56. The van der Waals surface area contributed by atoms with Gasteiger partial charge in [0.05, 0.1) is 19.1 Å². The molecule has 3 aromatic rings. The first kappa shape index (κ1) is 34.0. The Morgan fingerprint density at radius 1 is 0.750 bits per heavy atom. The molecule has 0 spiro atoms. The molecule has 0 radical (unpaired) electrons. The summed E-state index contributed by atoms with van der Waals surface area (Å²) in [5, 5.41) is 0. The molecule has 1 unspecified atom stereocenters. The van der Waals surface area contributed by atoms with E-state index in [1.54, 1.807) is 19.1 Å². The average molecular weight is 657 g/mol. The maximum atomic E-state index is 13.7. The lowest BCUT2D eigenvalue weighted by atomic mass is 10.0. The van der Waals surface area contributed by atoms with E-state index in [9.17, 15) is 30.0 Å². The fraction of sp³-hybridized carbons (Fsp3) is 0.400. The highest BCUT2D eigenvalue weighted by Gasteiger charge is 2.52. The predicted octanol–water partition coefficient (Wildman–Crippen LogP) is 4.41. The second-order valence-corrected chi connectivity index (χ2v) is 13.9. The molecule has 44 heavy (non-hydrogen) atoms. The number of aryl methyl sites for hydroxylation is 1. The van der Waals surface area contributed by atoms with Gasteiger partial charge in [0, 0.05) is 13.1 Å². The van der Waals surface area contributed by atoms with Crippen LogP contribution in [0.1, 0.15) is 36.1 Å². The first-order valence-electron chi connectivity index (χ1n) is 13.8. The lowest BCUT2D eigenvalue weighted by molar-refractivity contribution is -0.291. The van der Waals surface area contributed by atoms with Crippen LogP contribution in [0.5, 0.6) is 0 Å². The Bertz CT molecular complexity index is 1530. The molecule has 240 valence electrons. The first-order chi connectivity index (χ1) is 20.6. The zero-order chi connectivity index (χ0) is 32.1. The van der Waals surface area contributed by atoms with Crippen molar-refractivity contribution in [1.29, 1.82) is 0 Å². The molecular formula is C30H35F3N2O7S2. The average Bonchev–Trinajstić information content (AvgIpc) is 2.92. The monoisotopic (exact) mass is 656 g/mol. The van der Waals surface area contributed by atoms with Crippen LogP contribution in [0.2, 0.25) is 0 Å². The Labute approximate surface area is 256 Å². The van der Waals surface area contributed by atoms with Crippen molar-refractivity contribution in [2.45, 2.75) is 38.0 Å². The topological polar surface area (TPSA) is 102 Å². The molecule has 3 aromatic carbocycles. The molecule has 0 aromatic heterocycles. The third kappa shape index (κ3) is 9.57. The number of ether oxygens (including phenoxy) is 1. The molecule has 0 aliphatic carbocycles. The van der Waals surface area contributed by atoms with Crippen LogP contribution in [0.15, 0.2) is 72.8 Å². The van der Waals surface area contributed by atoms with E-state index in [2.05, 4.69) is 0 Å². The van der Waals surface area contributed by atoms with Crippen LogP contribution in [0, 0.1) is 17.5 Å². The van der Waals surface area contributed by atoms with Gasteiger partial charge < -0.3 is 4.74 Å². The Kier molecular flexibility index (Phi) is 10.9. The van der Waals surface area contributed by atoms with Crippen LogP contribution < -0.4 is 0 Å². The standard InChI is InChI=1S/C30H35F3N2O7S2/c1-22(40-29(24-8-14-27(32)15-9-24)25-10-16-28(33)17-11-25)35-20-19-34(18-4-5-23-6-12-26(31)13-7-23)21-30(35,41-43(2,36)37)42-44(3,38)39/h6-17,22,29H,4-5,18-21H2,1-3H3. The number of rotatable bonds is 13. The molecule has 1 atom stereocenters. The van der Waals surface area contributed by atoms with E-state index in [4.69, 9.17) is 13.1 Å². The second-order valence-electron chi connectivity index (χ2n) is 10.7. The van der Waals surface area contributed by atoms with Crippen molar-refractivity contribution in [2.75, 3.05) is 38.7 Å². The Morgan fingerprint density at radius 3 is 1.66 bits per heavy atom. The molecule has 4 rings (SSSR count). The van der Waals surface area contributed by atoms with Gasteiger partial charge in [0.25, 0.3) is 26.1 Å². The summed E-state index contributed by atoms with van der Waals surface area (Å²) in [7, 11) is -8.57. The lowest BCUT2D eigenvalue weighted by Gasteiger charge is -2.50.